The summed E-state index contributed by atoms with van der Waals surface area (Å²) in [7, 11) is 1.70. The Bertz CT molecular complexity index is 587. The highest BCUT2D eigenvalue weighted by molar-refractivity contribution is 7.71. The second kappa shape index (κ2) is 5.82. The van der Waals surface area contributed by atoms with Crippen LogP contribution in [0.15, 0.2) is 12.3 Å². The van der Waals surface area contributed by atoms with E-state index in [1.54, 1.807) is 13.3 Å². The number of halogens is 1. The topological polar surface area (TPSA) is 42.8 Å². The van der Waals surface area contributed by atoms with Crippen molar-refractivity contribution in [3.8, 4) is 0 Å². The molecule has 2 aromatic heterocycles. The van der Waals surface area contributed by atoms with Crippen molar-refractivity contribution < 1.29 is 4.74 Å². The summed E-state index contributed by atoms with van der Waals surface area (Å²) in [5.41, 5.74) is 1.70. The predicted molar refractivity (Wildman–Crippen MR) is 75.7 cm³/mol. The molecule has 6 heteroatoms. The molecule has 0 spiro atoms. The molecule has 2 rings (SSSR count). The van der Waals surface area contributed by atoms with Gasteiger partial charge in [-0.25, -0.2) is 4.98 Å². The summed E-state index contributed by atoms with van der Waals surface area (Å²) in [6.07, 6.45) is 3.70. The largest absolute Gasteiger partial charge is 0.383 e. The number of fused-ring (bicyclic) bond motifs is 1. The number of imidazole rings is 1. The number of H-pyrrole nitrogens is 1. The fraction of sp³-hybridized carbons (Fsp3) is 0.500. The van der Waals surface area contributed by atoms with Crippen LogP contribution < -0.4 is 0 Å². The SMILES string of the molecule is CCCC(COC)n1c(=S)[nH]c2cc(Cl)cnc21. The Hall–Kier alpha value is -0.910. The molecule has 0 radical (unpaired) electrons. The van der Waals surface area contributed by atoms with Crippen molar-refractivity contribution in [2.45, 2.75) is 25.8 Å². The molecule has 0 fully saturated rings. The molecule has 0 amide bonds. The van der Waals surface area contributed by atoms with E-state index in [4.69, 9.17) is 28.6 Å². The van der Waals surface area contributed by atoms with Crippen LogP contribution in [0.25, 0.3) is 11.2 Å². The van der Waals surface area contributed by atoms with E-state index in [0.29, 0.717) is 16.4 Å². The van der Waals surface area contributed by atoms with Gasteiger partial charge in [0.25, 0.3) is 0 Å². The highest BCUT2D eigenvalue weighted by Gasteiger charge is 2.15. The second-order valence-electron chi connectivity index (χ2n) is 4.22. The maximum Gasteiger partial charge on any atom is 0.179 e. The number of nitrogens with zero attached hydrogens (tertiary/aromatic N) is 2. The van der Waals surface area contributed by atoms with E-state index >= 15 is 0 Å². The van der Waals surface area contributed by atoms with Crippen molar-refractivity contribution in [3.05, 3.63) is 22.1 Å². The fourth-order valence-corrected chi connectivity index (χ4v) is 2.64. The smallest absolute Gasteiger partial charge is 0.179 e. The molecule has 2 heterocycles. The minimum atomic E-state index is 0.204. The number of aromatic amines is 1. The summed E-state index contributed by atoms with van der Waals surface area (Å²) in [6, 6.07) is 2.04. The summed E-state index contributed by atoms with van der Waals surface area (Å²) in [5.74, 6) is 0. The quantitative estimate of drug-likeness (QED) is 0.851. The first-order valence-corrected chi connectivity index (χ1v) is 6.70. The van der Waals surface area contributed by atoms with Crippen LogP contribution in [0, 0.1) is 4.77 Å². The van der Waals surface area contributed by atoms with Gasteiger partial charge in [0.2, 0.25) is 0 Å². The van der Waals surface area contributed by atoms with Gasteiger partial charge in [0.05, 0.1) is 23.2 Å². The maximum absolute atomic E-state index is 5.93. The van der Waals surface area contributed by atoms with Crippen LogP contribution in [0.3, 0.4) is 0 Å². The van der Waals surface area contributed by atoms with Crippen LogP contribution in [0.5, 0.6) is 0 Å². The highest BCUT2D eigenvalue weighted by atomic mass is 35.5. The zero-order valence-electron chi connectivity index (χ0n) is 10.4. The summed E-state index contributed by atoms with van der Waals surface area (Å²) in [6.45, 7) is 2.77. The minimum absolute atomic E-state index is 0.204. The van der Waals surface area contributed by atoms with Crippen LogP contribution in [-0.2, 0) is 4.74 Å². The molecule has 4 nitrogen and oxygen atoms in total. The summed E-state index contributed by atoms with van der Waals surface area (Å²) in [4.78, 5) is 7.50. The lowest BCUT2D eigenvalue weighted by molar-refractivity contribution is 0.151. The zero-order valence-corrected chi connectivity index (χ0v) is 12.0. The molecule has 0 bridgehead atoms. The first-order valence-electron chi connectivity index (χ1n) is 5.92. The molecular formula is C12H16ClN3OS. The Morgan fingerprint density at radius 2 is 2.39 bits per heavy atom. The van der Waals surface area contributed by atoms with Gasteiger partial charge < -0.3 is 9.72 Å². The minimum Gasteiger partial charge on any atom is -0.383 e. The molecule has 0 saturated carbocycles. The van der Waals surface area contributed by atoms with Gasteiger partial charge in [0.15, 0.2) is 10.4 Å². The number of aromatic nitrogens is 3. The van der Waals surface area contributed by atoms with Crippen LogP contribution in [-0.4, -0.2) is 28.3 Å². The van der Waals surface area contributed by atoms with E-state index < -0.39 is 0 Å². The van der Waals surface area contributed by atoms with E-state index in [1.165, 1.54) is 0 Å². The third kappa shape index (κ3) is 2.58. The molecule has 0 aliphatic heterocycles. The monoisotopic (exact) mass is 285 g/mol. The first kappa shape index (κ1) is 13.5. The Morgan fingerprint density at radius 3 is 3.06 bits per heavy atom. The second-order valence-corrected chi connectivity index (χ2v) is 5.05. The average Bonchev–Trinajstić information content (AvgIpc) is 2.64. The summed E-state index contributed by atoms with van der Waals surface area (Å²) < 4.78 is 7.96. The number of rotatable bonds is 5. The Morgan fingerprint density at radius 1 is 1.61 bits per heavy atom. The molecule has 2 aromatic rings. The zero-order chi connectivity index (χ0) is 13.1. The molecular weight excluding hydrogens is 270 g/mol. The summed E-state index contributed by atoms with van der Waals surface area (Å²) in [5, 5.41) is 0.602. The van der Waals surface area contributed by atoms with Crippen LogP contribution in [0.2, 0.25) is 5.02 Å². The van der Waals surface area contributed by atoms with Crippen molar-refractivity contribution in [1.82, 2.24) is 14.5 Å². The molecule has 0 aliphatic carbocycles. The lowest BCUT2D eigenvalue weighted by Gasteiger charge is -2.17. The first-order chi connectivity index (χ1) is 8.67. The Labute approximate surface area is 116 Å². The molecule has 1 unspecified atom stereocenters. The van der Waals surface area contributed by atoms with Crippen molar-refractivity contribution in [1.29, 1.82) is 0 Å². The standard InChI is InChI=1S/C12H16ClN3OS/c1-3-4-9(7-17-2)16-11-10(15-12(16)18)5-8(13)6-14-11/h5-6,9H,3-4,7H2,1-2H3,(H,15,18). The molecule has 0 saturated heterocycles. The van der Waals surface area contributed by atoms with Gasteiger partial charge in [0.1, 0.15) is 0 Å². The molecule has 0 aliphatic rings. The van der Waals surface area contributed by atoms with Gasteiger partial charge >= 0.3 is 0 Å². The highest BCUT2D eigenvalue weighted by Crippen LogP contribution is 2.23. The maximum atomic E-state index is 5.93. The van der Waals surface area contributed by atoms with Crippen LogP contribution in [0.1, 0.15) is 25.8 Å². The fourth-order valence-electron chi connectivity index (χ4n) is 2.14. The third-order valence-corrected chi connectivity index (χ3v) is 3.37. The average molecular weight is 286 g/mol. The summed E-state index contributed by atoms with van der Waals surface area (Å²) >= 11 is 11.3. The molecule has 1 N–H and O–H groups in total. The molecule has 1 atom stereocenters. The third-order valence-electron chi connectivity index (χ3n) is 2.87. The number of hydrogen-bond donors (Lipinski definition) is 1. The number of methoxy groups -OCH3 is 1. The number of nitrogens with one attached hydrogen (secondary N) is 1. The van der Waals surface area contributed by atoms with E-state index in [1.807, 2.05) is 10.6 Å². The molecule has 18 heavy (non-hydrogen) atoms. The van der Waals surface area contributed by atoms with Gasteiger partial charge in [-0.1, -0.05) is 24.9 Å². The van der Waals surface area contributed by atoms with E-state index in [0.717, 1.165) is 24.0 Å². The molecule has 98 valence electrons. The number of hydrogen-bond acceptors (Lipinski definition) is 3. The van der Waals surface area contributed by atoms with Gasteiger partial charge in [-0.15, -0.1) is 0 Å². The van der Waals surface area contributed by atoms with Crippen LogP contribution >= 0.6 is 23.8 Å². The Balaban J connectivity index is 2.54. The van der Waals surface area contributed by atoms with Gasteiger partial charge in [-0.05, 0) is 24.7 Å². The van der Waals surface area contributed by atoms with Crippen molar-refractivity contribution in [2.75, 3.05) is 13.7 Å². The Kier molecular flexibility index (Phi) is 4.37. The number of pyridine rings is 1. The van der Waals surface area contributed by atoms with Gasteiger partial charge in [-0.2, -0.15) is 0 Å². The van der Waals surface area contributed by atoms with Gasteiger partial charge in [0, 0.05) is 13.3 Å². The molecule has 0 aromatic carbocycles. The van der Waals surface area contributed by atoms with Crippen molar-refractivity contribution in [3.63, 3.8) is 0 Å². The predicted octanol–water partition coefficient (Wildman–Crippen LogP) is 3.73. The van der Waals surface area contributed by atoms with E-state index in [9.17, 15) is 0 Å². The van der Waals surface area contributed by atoms with E-state index in [-0.39, 0.29) is 6.04 Å². The van der Waals surface area contributed by atoms with E-state index in [2.05, 4.69) is 16.9 Å². The normalized spacial score (nSPS) is 13.1. The van der Waals surface area contributed by atoms with Gasteiger partial charge in [-0.3, -0.25) is 4.57 Å². The lowest BCUT2D eigenvalue weighted by atomic mass is 10.2. The van der Waals surface area contributed by atoms with Crippen molar-refractivity contribution >= 4 is 35.0 Å². The number of ether oxygens (including phenoxy) is 1. The van der Waals surface area contributed by atoms with Crippen LogP contribution in [0.4, 0.5) is 0 Å². The lowest BCUT2D eigenvalue weighted by Crippen LogP contribution is -2.15. The van der Waals surface area contributed by atoms with Crippen molar-refractivity contribution in [2.24, 2.45) is 0 Å².